The molecule has 0 saturated heterocycles. The molecular formula is C9H9BrF2O. The summed E-state index contributed by atoms with van der Waals surface area (Å²) >= 11 is 3.20. The molecule has 0 fully saturated rings. The number of benzene rings is 1. The fourth-order valence-corrected chi connectivity index (χ4v) is 1.26. The van der Waals surface area contributed by atoms with Crippen LogP contribution in [0.2, 0.25) is 0 Å². The smallest absolute Gasteiger partial charge is 0.127 e. The van der Waals surface area contributed by atoms with E-state index in [0.29, 0.717) is 11.1 Å². The normalized spacial score (nSPS) is 10.1. The van der Waals surface area contributed by atoms with Crippen LogP contribution in [0.3, 0.4) is 0 Å². The largest absolute Gasteiger partial charge is 0.491 e. The summed E-state index contributed by atoms with van der Waals surface area (Å²) in [5.74, 6) is -0.00194. The molecule has 0 amide bonds. The van der Waals surface area contributed by atoms with Crippen molar-refractivity contribution in [2.45, 2.75) is 5.33 Å². The molecule has 0 heterocycles. The van der Waals surface area contributed by atoms with Crippen molar-refractivity contribution in [3.8, 4) is 5.75 Å². The van der Waals surface area contributed by atoms with Gasteiger partial charge in [0.05, 0.1) is 0 Å². The molecule has 13 heavy (non-hydrogen) atoms. The van der Waals surface area contributed by atoms with Crippen LogP contribution in [-0.4, -0.2) is 13.3 Å². The zero-order valence-electron chi connectivity index (χ0n) is 6.90. The van der Waals surface area contributed by atoms with Crippen LogP contribution >= 0.6 is 15.9 Å². The van der Waals surface area contributed by atoms with Gasteiger partial charge in [-0.2, -0.15) is 0 Å². The van der Waals surface area contributed by atoms with E-state index in [1.54, 1.807) is 6.07 Å². The molecule has 1 aromatic rings. The highest BCUT2D eigenvalue weighted by Gasteiger charge is 2.00. The summed E-state index contributed by atoms with van der Waals surface area (Å²) in [5.41, 5.74) is 0.772. The number of ether oxygens (including phenoxy) is 1. The minimum Gasteiger partial charge on any atom is -0.491 e. The van der Waals surface area contributed by atoms with Crippen molar-refractivity contribution in [3.63, 3.8) is 0 Å². The summed E-state index contributed by atoms with van der Waals surface area (Å²) in [7, 11) is 0. The first kappa shape index (κ1) is 10.4. The first-order valence-corrected chi connectivity index (χ1v) is 4.92. The van der Waals surface area contributed by atoms with Crippen molar-refractivity contribution in [2.75, 3.05) is 13.3 Å². The third-order valence-corrected chi connectivity index (χ3v) is 2.08. The number of halogens is 3. The van der Waals surface area contributed by atoms with Gasteiger partial charge in [0.15, 0.2) is 0 Å². The monoisotopic (exact) mass is 250 g/mol. The predicted octanol–water partition coefficient (Wildman–Crippen LogP) is 3.07. The van der Waals surface area contributed by atoms with E-state index < -0.39 is 6.67 Å². The van der Waals surface area contributed by atoms with Gasteiger partial charge in [0.25, 0.3) is 0 Å². The Hall–Kier alpha value is -0.640. The van der Waals surface area contributed by atoms with Crippen molar-refractivity contribution in [2.24, 2.45) is 0 Å². The standard InChI is InChI=1S/C9H9BrF2O/c10-6-7-3-8(12)5-9(4-7)13-2-1-11/h3-5H,1-2,6H2. The Balaban J connectivity index is 2.76. The molecule has 0 spiro atoms. The second-order valence-corrected chi connectivity index (χ2v) is 3.03. The van der Waals surface area contributed by atoms with E-state index in [4.69, 9.17) is 4.74 Å². The van der Waals surface area contributed by atoms with E-state index in [0.717, 1.165) is 5.56 Å². The Morgan fingerprint density at radius 3 is 2.69 bits per heavy atom. The van der Waals surface area contributed by atoms with E-state index in [1.807, 2.05) is 0 Å². The summed E-state index contributed by atoms with van der Waals surface area (Å²) in [5, 5.41) is 0.552. The van der Waals surface area contributed by atoms with Gasteiger partial charge in [0.1, 0.15) is 24.8 Å². The van der Waals surface area contributed by atoms with Crippen molar-refractivity contribution >= 4 is 15.9 Å². The summed E-state index contributed by atoms with van der Waals surface area (Å²) < 4.78 is 29.5. The first-order chi connectivity index (χ1) is 6.26. The molecule has 0 aliphatic heterocycles. The van der Waals surface area contributed by atoms with Gasteiger partial charge < -0.3 is 4.74 Å². The predicted molar refractivity (Wildman–Crippen MR) is 50.5 cm³/mol. The molecule has 0 N–H and O–H groups in total. The maximum Gasteiger partial charge on any atom is 0.127 e. The molecule has 72 valence electrons. The second kappa shape index (κ2) is 5.17. The van der Waals surface area contributed by atoms with Crippen LogP contribution in [0, 0.1) is 5.82 Å². The topological polar surface area (TPSA) is 9.23 Å². The third-order valence-electron chi connectivity index (χ3n) is 1.43. The van der Waals surface area contributed by atoms with Gasteiger partial charge in [-0.05, 0) is 17.7 Å². The fourth-order valence-electron chi connectivity index (χ4n) is 0.938. The van der Waals surface area contributed by atoms with Crippen molar-refractivity contribution < 1.29 is 13.5 Å². The zero-order valence-corrected chi connectivity index (χ0v) is 8.48. The van der Waals surface area contributed by atoms with Crippen molar-refractivity contribution in [1.29, 1.82) is 0 Å². The highest BCUT2D eigenvalue weighted by molar-refractivity contribution is 9.08. The van der Waals surface area contributed by atoms with E-state index in [1.165, 1.54) is 12.1 Å². The van der Waals surface area contributed by atoms with Gasteiger partial charge in [-0.3, -0.25) is 0 Å². The fraction of sp³-hybridized carbons (Fsp3) is 0.333. The summed E-state index contributed by atoms with van der Waals surface area (Å²) in [6.07, 6.45) is 0. The minimum absolute atomic E-state index is 0.0365. The minimum atomic E-state index is -0.569. The van der Waals surface area contributed by atoms with Gasteiger partial charge in [0.2, 0.25) is 0 Å². The molecule has 0 aromatic heterocycles. The Kier molecular flexibility index (Phi) is 4.15. The van der Waals surface area contributed by atoms with Crippen LogP contribution in [0.15, 0.2) is 18.2 Å². The van der Waals surface area contributed by atoms with E-state index in [-0.39, 0.29) is 12.4 Å². The van der Waals surface area contributed by atoms with E-state index in [2.05, 4.69) is 15.9 Å². The molecule has 4 heteroatoms. The lowest BCUT2D eigenvalue weighted by atomic mass is 10.2. The molecule has 0 saturated carbocycles. The SMILES string of the molecule is FCCOc1cc(F)cc(CBr)c1. The van der Waals surface area contributed by atoms with Gasteiger partial charge in [-0.15, -0.1) is 0 Å². The lowest BCUT2D eigenvalue weighted by Crippen LogP contribution is -1.99. The molecule has 0 aliphatic carbocycles. The first-order valence-electron chi connectivity index (χ1n) is 3.80. The van der Waals surface area contributed by atoms with Crippen molar-refractivity contribution in [3.05, 3.63) is 29.6 Å². The van der Waals surface area contributed by atoms with Crippen LogP contribution in [0.25, 0.3) is 0 Å². The average Bonchev–Trinajstić information content (AvgIpc) is 2.14. The molecule has 0 unspecified atom stereocenters. The van der Waals surface area contributed by atoms with Crippen LogP contribution in [0.5, 0.6) is 5.75 Å². The number of hydrogen-bond donors (Lipinski definition) is 0. The molecule has 0 aliphatic rings. The number of hydrogen-bond acceptors (Lipinski definition) is 1. The van der Waals surface area contributed by atoms with Crippen LogP contribution in [0.4, 0.5) is 8.78 Å². The molecule has 0 bridgehead atoms. The summed E-state index contributed by atoms with van der Waals surface area (Å²) in [6.45, 7) is -0.606. The molecular weight excluding hydrogens is 242 g/mol. The van der Waals surface area contributed by atoms with Gasteiger partial charge in [-0.1, -0.05) is 15.9 Å². The quantitative estimate of drug-likeness (QED) is 0.747. The Bertz CT molecular complexity index is 278. The average molecular weight is 251 g/mol. The molecule has 0 atom stereocenters. The molecule has 1 nitrogen and oxygen atoms in total. The van der Waals surface area contributed by atoms with Crippen molar-refractivity contribution in [1.82, 2.24) is 0 Å². The Labute approximate surface area is 83.8 Å². The van der Waals surface area contributed by atoms with Crippen LogP contribution in [0.1, 0.15) is 5.56 Å². The maximum atomic E-state index is 12.8. The van der Waals surface area contributed by atoms with Gasteiger partial charge in [0, 0.05) is 11.4 Å². The number of rotatable bonds is 4. The van der Waals surface area contributed by atoms with Gasteiger partial charge in [-0.25, -0.2) is 8.78 Å². The lowest BCUT2D eigenvalue weighted by molar-refractivity contribution is 0.272. The molecule has 1 aromatic carbocycles. The summed E-state index contributed by atoms with van der Waals surface area (Å²) in [4.78, 5) is 0. The lowest BCUT2D eigenvalue weighted by Gasteiger charge is -2.05. The number of alkyl halides is 2. The zero-order chi connectivity index (χ0) is 9.68. The Morgan fingerprint density at radius 2 is 2.08 bits per heavy atom. The van der Waals surface area contributed by atoms with E-state index >= 15 is 0 Å². The Morgan fingerprint density at radius 1 is 1.31 bits per heavy atom. The van der Waals surface area contributed by atoms with Gasteiger partial charge >= 0.3 is 0 Å². The summed E-state index contributed by atoms with van der Waals surface area (Å²) in [6, 6.07) is 4.31. The van der Waals surface area contributed by atoms with E-state index in [9.17, 15) is 8.78 Å². The highest BCUT2D eigenvalue weighted by atomic mass is 79.9. The third kappa shape index (κ3) is 3.30. The molecule has 1 rings (SSSR count). The highest BCUT2D eigenvalue weighted by Crippen LogP contribution is 2.18. The maximum absolute atomic E-state index is 12.8. The second-order valence-electron chi connectivity index (χ2n) is 2.47. The van der Waals surface area contributed by atoms with Crippen LogP contribution in [-0.2, 0) is 5.33 Å². The molecule has 0 radical (unpaired) electrons. The van der Waals surface area contributed by atoms with Crippen LogP contribution < -0.4 is 4.74 Å².